The third-order valence-electron chi connectivity index (χ3n) is 11.3. The summed E-state index contributed by atoms with van der Waals surface area (Å²) >= 11 is 0. The van der Waals surface area contributed by atoms with Gasteiger partial charge in [0.05, 0.1) is 24.9 Å². The van der Waals surface area contributed by atoms with Crippen LogP contribution in [-0.4, -0.2) is 63.2 Å². The lowest BCUT2D eigenvalue weighted by Crippen LogP contribution is -2.61. The maximum Gasteiger partial charge on any atom is 0.303 e. The minimum absolute atomic E-state index is 0.0181. The molecule has 2 amide bonds. The largest absolute Gasteiger partial charge is 0.481 e. The number of carbonyl (C=O) groups excluding carboxylic acids is 2. The molecule has 3 aliphatic rings. The van der Waals surface area contributed by atoms with Gasteiger partial charge in [0.2, 0.25) is 11.8 Å². The molecule has 6 rings (SSSR count). The number of hydrogen-bond acceptors (Lipinski definition) is 7. The fraction of sp³-hybridized carbons (Fsp3) is 0.533. The van der Waals surface area contributed by atoms with Gasteiger partial charge in [-0.15, -0.1) is 0 Å². The van der Waals surface area contributed by atoms with Crippen LogP contribution in [0.3, 0.4) is 0 Å². The van der Waals surface area contributed by atoms with E-state index < -0.39 is 12.3 Å². The number of carboxylic acids is 1. The number of benzene rings is 3. The van der Waals surface area contributed by atoms with E-state index >= 15 is 0 Å². The van der Waals surface area contributed by atoms with Crippen molar-refractivity contribution in [2.45, 2.75) is 141 Å². The standard InChI is InChI=1S/C45H59N3O7/c1-45(2,3)47-43(53)39-24-23-33-10-4-5-12-38(33)48(39)28-37-26-40(34-17-15-30(29-49)16-18-34)55-44(54-37)35-21-19-32(20-22-35)36-11-8-9-31(25-36)27-46-41(50)13-6-7-14-42(51)52/h8-9,11,15-22,25,33,37-40,44,49H,4-7,10,12-14,23-24,26-29H2,1-3H3,(H,46,50)(H,47,53)(H,51,52). The number of likely N-dealkylation sites (tertiary alicyclic amines) is 1. The molecular formula is C45H59N3O7. The Labute approximate surface area is 326 Å². The number of carbonyl (C=O) groups is 3. The minimum atomic E-state index is -0.843. The van der Waals surface area contributed by atoms with E-state index in [1.54, 1.807) is 0 Å². The number of aliphatic carboxylic acids is 1. The molecule has 1 aliphatic carbocycles. The average Bonchev–Trinajstić information content (AvgIpc) is 3.18. The Kier molecular flexibility index (Phi) is 13.8. The van der Waals surface area contributed by atoms with E-state index in [9.17, 15) is 19.5 Å². The quantitative estimate of drug-likeness (QED) is 0.124. The Morgan fingerprint density at radius 1 is 0.818 bits per heavy atom. The molecule has 6 unspecified atom stereocenters. The van der Waals surface area contributed by atoms with Crippen molar-refractivity contribution in [2.75, 3.05) is 6.54 Å². The molecule has 2 heterocycles. The van der Waals surface area contributed by atoms with Gasteiger partial charge in [-0.3, -0.25) is 19.3 Å². The fourth-order valence-electron chi connectivity index (χ4n) is 8.54. The van der Waals surface area contributed by atoms with Crippen molar-refractivity contribution in [1.82, 2.24) is 15.5 Å². The topological polar surface area (TPSA) is 137 Å². The van der Waals surface area contributed by atoms with Crippen LogP contribution in [0.25, 0.3) is 11.1 Å². The summed E-state index contributed by atoms with van der Waals surface area (Å²) in [6.45, 7) is 7.15. The monoisotopic (exact) mass is 753 g/mol. The molecule has 3 aromatic rings. The van der Waals surface area contributed by atoms with Crippen molar-refractivity contribution in [1.29, 1.82) is 0 Å². The average molecular weight is 754 g/mol. The number of hydrogen-bond donors (Lipinski definition) is 4. The van der Waals surface area contributed by atoms with Gasteiger partial charge >= 0.3 is 5.97 Å². The Morgan fingerprint density at radius 2 is 1.55 bits per heavy atom. The maximum absolute atomic E-state index is 13.8. The molecule has 3 aromatic carbocycles. The molecule has 296 valence electrons. The van der Waals surface area contributed by atoms with Crippen molar-refractivity contribution in [2.24, 2.45) is 5.92 Å². The highest BCUT2D eigenvalue weighted by Crippen LogP contribution is 2.42. The summed E-state index contributed by atoms with van der Waals surface area (Å²) in [6, 6.07) is 24.4. The van der Waals surface area contributed by atoms with Gasteiger partial charge in [-0.2, -0.15) is 0 Å². The predicted molar refractivity (Wildman–Crippen MR) is 212 cm³/mol. The van der Waals surface area contributed by atoms with Gasteiger partial charge in [0.25, 0.3) is 0 Å². The van der Waals surface area contributed by atoms with Crippen LogP contribution in [0.1, 0.15) is 126 Å². The number of carboxylic acid groups (broad SMARTS) is 1. The smallest absolute Gasteiger partial charge is 0.303 e. The first kappa shape index (κ1) is 40.6. The van der Waals surface area contributed by atoms with Gasteiger partial charge in [0.1, 0.15) is 0 Å². The number of aliphatic hydroxyl groups excluding tert-OH is 1. The number of nitrogens with zero attached hydrogens (tertiary/aromatic N) is 1. The van der Waals surface area contributed by atoms with Gasteiger partial charge in [0.15, 0.2) is 6.29 Å². The van der Waals surface area contributed by atoms with Gasteiger partial charge in [-0.05, 0) is 99.1 Å². The van der Waals surface area contributed by atoms with Crippen LogP contribution in [0.4, 0.5) is 0 Å². The SMILES string of the molecule is CC(C)(C)NC(=O)C1CCC2CCCCC2N1CC1CC(c2ccc(CO)cc2)OC(c2ccc(-c3cccc(CNC(=O)CCCCC(=O)O)c3)cc2)O1. The molecule has 4 N–H and O–H groups in total. The number of ether oxygens (including phenoxy) is 2. The summed E-state index contributed by atoms with van der Waals surface area (Å²) in [5.41, 5.74) is 5.51. The first-order valence-corrected chi connectivity index (χ1v) is 20.2. The van der Waals surface area contributed by atoms with Gasteiger partial charge in [-0.1, -0.05) is 79.6 Å². The predicted octanol–water partition coefficient (Wildman–Crippen LogP) is 7.59. The molecule has 3 fully saturated rings. The van der Waals surface area contributed by atoms with Crippen molar-refractivity contribution in [3.05, 3.63) is 95.1 Å². The number of rotatable bonds is 14. The molecule has 10 heteroatoms. The second-order valence-corrected chi connectivity index (χ2v) is 16.7. The molecule has 55 heavy (non-hydrogen) atoms. The van der Waals surface area contributed by atoms with Crippen molar-refractivity contribution in [3.8, 4) is 11.1 Å². The molecule has 10 nitrogen and oxygen atoms in total. The summed E-state index contributed by atoms with van der Waals surface area (Å²) in [5.74, 6) is -0.227. The number of piperidine rings is 1. The van der Waals surface area contributed by atoms with E-state index in [0.717, 1.165) is 52.6 Å². The van der Waals surface area contributed by atoms with E-state index in [-0.39, 0.29) is 48.6 Å². The Bertz CT molecular complexity index is 1740. The van der Waals surface area contributed by atoms with Crippen molar-refractivity contribution in [3.63, 3.8) is 0 Å². The van der Waals surface area contributed by atoms with E-state index in [0.29, 0.717) is 50.7 Å². The summed E-state index contributed by atoms with van der Waals surface area (Å²) in [7, 11) is 0. The number of fused-ring (bicyclic) bond motifs is 1. The van der Waals surface area contributed by atoms with E-state index in [1.807, 2.05) is 63.2 Å². The minimum Gasteiger partial charge on any atom is -0.481 e. The van der Waals surface area contributed by atoms with Crippen molar-refractivity contribution < 1.29 is 34.1 Å². The van der Waals surface area contributed by atoms with Crippen LogP contribution < -0.4 is 10.6 Å². The van der Waals surface area contributed by atoms with Crippen LogP contribution in [0.2, 0.25) is 0 Å². The highest BCUT2D eigenvalue weighted by atomic mass is 16.7. The zero-order valence-corrected chi connectivity index (χ0v) is 32.7. The number of unbranched alkanes of at least 4 members (excludes halogenated alkanes) is 1. The van der Waals surface area contributed by atoms with Crippen LogP contribution in [0, 0.1) is 5.92 Å². The zero-order valence-electron chi connectivity index (χ0n) is 32.7. The van der Waals surface area contributed by atoms with Crippen LogP contribution >= 0.6 is 0 Å². The maximum atomic E-state index is 13.8. The Morgan fingerprint density at radius 3 is 2.27 bits per heavy atom. The summed E-state index contributed by atoms with van der Waals surface area (Å²) in [4.78, 5) is 39.3. The van der Waals surface area contributed by atoms with Crippen LogP contribution in [0.15, 0.2) is 72.8 Å². The van der Waals surface area contributed by atoms with E-state index in [2.05, 4.69) is 45.9 Å². The molecule has 0 aromatic heterocycles. The molecule has 1 saturated carbocycles. The van der Waals surface area contributed by atoms with Crippen LogP contribution in [-0.2, 0) is 37.0 Å². The first-order valence-electron chi connectivity index (χ1n) is 20.2. The lowest BCUT2D eigenvalue weighted by molar-refractivity contribution is -0.255. The van der Waals surface area contributed by atoms with Crippen LogP contribution in [0.5, 0.6) is 0 Å². The Balaban J connectivity index is 1.18. The zero-order chi connectivity index (χ0) is 39.0. The molecular weight excluding hydrogens is 695 g/mol. The second kappa shape index (κ2) is 18.7. The molecule has 6 atom stereocenters. The van der Waals surface area contributed by atoms with Gasteiger partial charge < -0.3 is 30.3 Å². The van der Waals surface area contributed by atoms with E-state index in [1.165, 1.54) is 19.3 Å². The summed E-state index contributed by atoms with van der Waals surface area (Å²) in [5, 5.41) is 24.7. The fourth-order valence-corrected chi connectivity index (χ4v) is 8.54. The highest BCUT2D eigenvalue weighted by molar-refractivity contribution is 5.82. The molecule has 2 saturated heterocycles. The third kappa shape index (κ3) is 11.3. The van der Waals surface area contributed by atoms with Gasteiger partial charge in [0, 0.05) is 49.5 Å². The van der Waals surface area contributed by atoms with Gasteiger partial charge in [-0.25, -0.2) is 0 Å². The lowest BCUT2D eigenvalue weighted by atomic mass is 9.75. The summed E-state index contributed by atoms with van der Waals surface area (Å²) in [6.07, 6.45) is 7.75. The molecule has 0 bridgehead atoms. The highest BCUT2D eigenvalue weighted by Gasteiger charge is 2.44. The number of aliphatic hydroxyl groups is 1. The van der Waals surface area contributed by atoms with E-state index in [4.69, 9.17) is 14.6 Å². The second-order valence-electron chi connectivity index (χ2n) is 16.7. The third-order valence-corrected chi connectivity index (χ3v) is 11.3. The molecule has 0 radical (unpaired) electrons. The summed E-state index contributed by atoms with van der Waals surface area (Å²) < 4.78 is 13.6. The lowest BCUT2D eigenvalue weighted by Gasteiger charge is -2.50. The first-order chi connectivity index (χ1) is 26.5. The normalized spacial score (nSPS) is 24.4. The van der Waals surface area contributed by atoms with Crippen molar-refractivity contribution >= 4 is 17.8 Å². The number of nitrogens with one attached hydrogen (secondary N) is 2. The molecule has 0 spiro atoms. The number of amides is 2. The Hall–Kier alpha value is -4.09. The molecule has 2 aliphatic heterocycles.